The molecule has 1 heteroatoms. The molecule has 0 spiro atoms. The molecule has 1 aliphatic carbocycles. The van der Waals surface area contributed by atoms with Crippen molar-refractivity contribution in [2.24, 2.45) is 11.8 Å². The van der Waals surface area contributed by atoms with Gasteiger partial charge >= 0.3 is 0 Å². The number of benzene rings is 2. The first-order chi connectivity index (χ1) is 10.3. The van der Waals surface area contributed by atoms with Crippen molar-refractivity contribution < 1.29 is 0 Å². The van der Waals surface area contributed by atoms with E-state index in [1.54, 1.807) is 0 Å². The lowest BCUT2D eigenvalue weighted by molar-refractivity contribution is 0.234. The van der Waals surface area contributed by atoms with Gasteiger partial charge in [0, 0.05) is 6.04 Å². The topological polar surface area (TPSA) is 12.0 Å². The molecule has 0 saturated heterocycles. The van der Waals surface area contributed by atoms with Crippen molar-refractivity contribution in [3.63, 3.8) is 0 Å². The van der Waals surface area contributed by atoms with E-state index in [2.05, 4.69) is 61.6 Å². The van der Waals surface area contributed by atoms with E-state index in [1.807, 2.05) is 0 Å². The lowest BCUT2D eigenvalue weighted by Crippen LogP contribution is -2.30. The molecule has 0 amide bonds. The zero-order chi connectivity index (χ0) is 14.7. The van der Waals surface area contributed by atoms with Crippen LogP contribution >= 0.6 is 0 Å². The molecular formula is C20H27N. The van der Waals surface area contributed by atoms with Crippen LogP contribution in [0.15, 0.2) is 42.5 Å². The largest absolute Gasteiger partial charge is 0.310 e. The molecule has 1 nitrogen and oxygen atoms in total. The molecule has 1 unspecified atom stereocenters. The Kier molecular flexibility index (Phi) is 4.60. The summed E-state index contributed by atoms with van der Waals surface area (Å²) in [7, 11) is 0. The molecule has 0 radical (unpaired) electrons. The first-order valence-electron chi connectivity index (χ1n) is 8.50. The van der Waals surface area contributed by atoms with E-state index in [-0.39, 0.29) is 0 Å². The first kappa shape index (κ1) is 14.6. The number of hydrogen-bond donors (Lipinski definition) is 1. The number of hydrogen-bond acceptors (Lipinski definition) is 1. The molecule has 1 saturated carbocycles. The summed E-state index contributed by atoms with van der Waals surface area (Å²) in [6.45, 7) is 5.67. The SMILES string of the molecule is CCNC(c1cccc2ccccc12)C1CCC(C)CC1. The highest BCUT2D eigenvalue weighted by Crippen LogP contribution is 2.38. The summed E-state index contributed by atoms with van der Waals surface area (Å²) in [6, 6.07) is 16.1. The van der Waals surface area contributed by atoms with Gasteiger partial charge in [-0.25, -0.2) is 0 Å². The maximum absolute atomic E-state index is 3.78. The average Bonchev–Trinajstić information content (AvgIpc) is 2.53. The Hall–Kier alpha value is -1.34. The fraction of sp³-hybridized carbons (Fsp3) is 0.500. The molecule has 2 aromatic rings. The van der Waals surface area contributed by atoms with E-state index in [1.165, 1.54) is 42.0 Å². The van der Waals surface area contributed by atoms with Gasteiger partial charge in [-0.3, -0.25) is 0 Å². The van der Waals surface area contributed by atoms with Crippen LogP contribution in [0.4, 0.5) is 0 Å². The maximum atomic E-state index is 3.78. The Morgan fingerprint density at radius 2 is 1.71 bits per heavy atom. The molecule has 1 N–H and O–H groups in total. The molecule has 0 aromatic heterocycles. The van der Waals surface area contributed by atoms with Crippen LogP contribution in [-0.2, 0) is 0 Å². The van der Waals surface area contributed by atoms with Gasteiger partial charge < -0.3 is 5.32 Å². The lowest BCUT2D eigenvalue weighted by Gasteiger charge is -2.34. The van der Waals surface area contributed by atoms with E-state index in [0.717, 1.165) is 18.4 Å². The lowest BCUT2D eigenvalue weighted by atomic mass is 9.76. The fourth-order valence-electron chi connectivity index (χ4n) is 3.89. The predicted octanol–water partition coefficient (Wildman–Crippen LogP) is 5.32. The zero-order valence-electron chi connectivity index (χ0n) is 13.3. The molecule has 1 aliphatic rings. The Balaban J connectivity index is 1.95. The van der Waals surface area contributed by atoms with Gasteiger partial charge in [0.2, 0.25) is 0 Å². The standard InChI is InChI=1S/C20H27N/c1-3-21-20(17-13-11-15(2)12-14-17)19-10-6-8-16-7-4-5-9-18(16)19/h4-10,15,17,20-21H,3,11-14H2,1-2H3. The van der Waals surface area contributed by atoms with Crippen molar-refractivity contribution in [1.82, 2.24) is 5.32 Å². The molecule has 21 heavy (non-hydrogen) atoms. The van der Waals surface area contributed by atoms with Gasteiger partial charge in [0.25, 0.3) is 0 Å². The van der Waals surface area contributed by atoms with Crippen LogP contribution in [0, 0.1) is 11.8 Å². The van der Waals surface area contributed by atoms with Crippen molar-refractivity contribution >= 4 is 10.8 Å². The molecule has 1 fully saturated rings. The highest BCUT2D eigenvalue weighted by Gasteiger charge is 2.27. The quantitative estimate of drug-likeness (QED) is 0.800. The highest BCUT2D eigenvalue weighted by molar-refractivity contribution is 5.86. The molecule has 3 rings (SSSR count). The normalized spacial score (nSPS) is 24.1. The fourth-order valence-corrected chi connectivity index (χ4v) is 3.89. The van der Waals surface area contributed by atoms with E-state index < -0.39 is 0 Å². The zero-order valence-corrected chi connectivity index (χ0v) is 13.3. The minimum atomic E-state index is 0.508. The first-order valence-corrected chi connectivity index (χ1v) is 8.50. The van der Waals surface area contributed by atoms with E-state index >= 15 is 0 Å². The summed E-state index contributed by atoms with van der Waals surface area (Å²) in [5.74, 6) is 1.70. The summed E-state index contributed by atoms with van der Waals surface area (Å²) in [4.78, 5) is 0. The van der Waals surface area contributed by atoms with Crippen LogP contribution in [0.2, 0.25) is 0 Å². The van der Waals surface area contributed by atoms with Gasteiger partial charge in [0.1, 0.15) is 0 Å². The Morgan fingerprint density at radius 1 is 1.00 bits per heavy atom. The molecular weight excluding hydrogens is 254 g/mol. The van der Waals surface area contributed by atoms with Gasteiger partial charge in [-0.15, -0.1) is 0 Å². The van der Waals surface area contributed by atoms with E-state index in [9.17, 15) is 0 Å². The Morgan fingerprint density at radius 3 is 2.48 bits per heavy atom. The van der Waals surface area contributed by atoms with Crippen LogP contribution in [0.25, 0.3) is 10.8 Å². The third kappa shape index (κ3) is 3.13. The monoisotopic (exact) mass is 281 g/mol. The minimum absolute atomic E-state index is 0.508. The average molecular weight is 281 g/mol. The number of nitrogens with one attached hydrogen (secondary N) is 1. The van der Waals surface area contributed by atoms with Crippen LogP contribution in [0.3, 0.4) is 0 Å². The minimum Gasteiger partial charge on any atom is -0.310 e. The van der Waals surface area contributed by atoms with E-state index in [4.69, 9.17) is 0 Å². The molecule has 112 valence electrons. The number of rotatable bonds is 4. The van der Waals surface area contributed by atoms with Gasteiger partial charge in [-0.1, -0.05) is 69.2 Å². The summed E-state index contributed by atoms with van der Waals surface area (Å²) in [5.41, 5.74) is 1.49. The van der Waals surface area contributed by atoms with Gasteiger partial charge in [0.05, 0.1) is 0 Å². The van der Waals surface area contributed by atoms with Crippen LogP contribution in [0.1, 0.15) is 51.1 Å². The van der Waals surface area contributed by atoms with E-state index in [0.29, 0.717) is 6.04 Å². The smallest absolute Gasteiger partial charge is 0.0354 e. The van der Waals surface area contributed by atoms with Crippen LogP contribution in [0.5, 0.6) is 0 Å². The maximum Gasteiger partial charge on any atom is 0.0354 e. The second-order valence-corrected chi connectivity index (χ2v) is 6.62. The summed E-state index contributed by atoms with van der Waals surface area (Å²) in [5, 5.41) is 6.56. The van der Waals surface area contributed by atoms with Crippen molar-refractivity contribution in [1.29, 1.82) is 0 Å². The molecule has 0 bridgehead atoms. The molecule has 0 aliphatic heterocycles. The second-order valence-electron chi connectivity index (χ2n) is 6.62. The van der Waals surface area contributed by atoms with Crippen molar-refractivity contribution in [3.05, 3.63) is 48.0 Å². The van der Waals surface area contributed by atoms with Crippen LogP contribution in [-0.4, -0.2) is 6.54 Å². The highest BCUT2D eigenvalue weighted by atomic mass is 14.9. The van der Waals surface area contributed by atoms with Crippen molar-refractivity contribution in [3.8, 4) is 0 Å². The van der Waals surface area contributed by atoms with Gasteiger partial charge in [0.15, 0.2) is 0 Å². The van der Waals surface area contributed by atoms with Gasteiger partial charge in [-0.05, 0) is 47.6 Å². The van der Waals surface area contributed by atoms with Crippen molar-refractivity contribution in [2.45, 2.75) is 45.6 Å². The summed E-state index contributed by atoms with van der Waals surface area (Å²) in [6.07, 6.45) is 5.50. The Bertz CT molecular complexity index is 576. The molecule has 2 aromatic carbocycles. The van der Waals surface area contributed by atoms with Crippen molar-refractivity contribution in [2.75, 3.05) is 6.54 Å². The number of fused-ring (bicyclic) bond motifs is 1. The summed E-state index contributed by atoms with van der Waals surface area (Å²) >= 11 is 0. The third-order valence-corrected chi connectivity index (χ3v) is 5.11. The van der Waals surface area contributed by atoms with Crippen LogP contribution < -0.4 is 5.32 Å². The molecule has 1 atom stereocenters. The predicted molar refractivity (Wildman–Crippen MR) is 91.5 cm³/mol. The third-order valence-electron chi connectivity index (χ3n) is 5.11. The molecule has 0 heterocycles. The Labute approximate surface area is 128 Å². The summed E-state index contributed by atoms with van der Waals surface area (Å²) < 4.78 is 0. The second kappa shape index (κ2) is 6.62. The van der Waals surface area contributed by atoms with Gasteiger partial charge in [-0.2, -0.15) is 0 Å².